The van der Waals surface area contributed by atoms with E-state index >= 15 is 0 Å². The van der Waals surface area contributed by atoms with Crippen LogP contribution in [0.2, 0.25) is 0 Å². The molecule has 2 N–H and O–H groups in total. The summed E-state index contributed by atoms with van der Waals surface area (Å²) in [6, 6.07) is 6.73. The fourth-order valence-electron chi connectivity index (χ4n) is 2.65. The molecule has 166 valence electrons. The molecule has 2 aromatic rings. The van der Waals surface area contributed by atoms with E-state index in [1.807, 2.05) is 0 Å². The molecule has 0 saturated carbocycles. The zero-order chi connectivity index (χ0) is 21.1. The molecule has 30 heavy (non-hydrogen) atoms. The number of nitrogens with zero attached hydrogens (tertiary/aromatic N) is 1. The number of rotatable bonds is 7. The zero-order valence-electron chi connectivity index (χ0n) is 15.6. The molecule has 0 aliphatic carbocycles. The topological polar surface area (TPSA) is 98.8 Å². The Morgan fingerprint density at radius 3 is 2.43 bits per heavy atom. The fourth-order valence-corrected chi connectivity index (χ4v) is 3.70. The highest BCUT2D eigenvalue weighted by molar-refractivity contribution is 7.92. The number of nitrogens with one attached hydrogen (secondary N) is 2. The van der Waals surface area contributed by atoms with Crippen molar-refractivity contribution in [3.8, 4) is 17.5 Å². The van der Waals surface area contributed by atoms with E-state index in [2.05, 4.69) is 19.8 Å². The van der Waals surface area contributed by atoms with Crippen LogP contribution < -0.4 is 24.2 Å². The molecule has 1 aromatic heterocycles. The number of anilines is 1. The van der Waals surface area contributed by atoms with Crippen LogP contribution in [0.15, 0.2) is 41.3 Å². The highest BCUT2D eigenvalue weighted by atomic mass is 35.5. The van der Waals surface area contributed by atoms with E-state index in [-0.39, 0.29) is 40.9 Å². The number of pyridine rings is 1. The molecule has 1 fully saturated rings. The number of methoxy groups -OCH3 is 1. The molecule has 1 saturated heterocycles. The van der Waals surface area contributed by atoms with Gasteiger partial charge in [-0.25, -0.2) is 8.42 Å². The Labute approximate surface area is 177 Å². The third-order valence-electron chi connectivity index (χ3n) is 3.94. The van der Waals surface area contributed by atoms with Gasteiger partial charge in [0.15, 0.2) is 0 Å². The maximum atomic E-state index is 12.5. The van der Waals surface area contributed by atoms with Crippen molar-refractivity contribution in [2.24, 2.45) is 0 Å². The van der Waals surface area contributed by atoms with E-state index < -0.39 is 22.1 Å². The van der Waals surface area contributed by atoms with E-state index in [1.165, 1.54) is 19.2 Å². The van der Waals surface area contributed by atoms with Crippen LogP contribution in [0.3, 0.4) is 0 Å². The number of aromatic nitrogens is 1. The predicted octanol–water partition coefficient (Wildman–Crippen LogP) is 2.95. The van der Waals surface area contributed by atoms with E-state index in [9.17, 15) is 21.6 Å². The van der Waals surface area contributed by atoms with Gasteiger partial charge in [-0.05, 0) is 43.3 Å². The summed E-state index contributed by atoms with van der Waals surface area (Å²) in [6.45, 7) is 1.53. The number of benzene rings is 1. The van der Waals surface area contributed by atoms with Crippen LogP contribution in [0.4, 0.5) is 18.9 Å². The quantitative estimate of drug-likeness (QED) is 0.643. The second kappa shape index (κ2) is 9.58. The number of halogens is 4. The van der Waals surface area contributed by atoms with Crippen LogP contribution in [-0.2, 0) is 10.0 Å². The molecule has 1 aliphatic rings. The van der Waals surface area contributed by atoms with Gasteiger partial charge in [-0.15, -0.1) is 25.6 Å². The third-order valence-corrected chi connectivity index (χ3v) is 5.32. The van der Waals surface area contributed by atoms with Gasteiger partial charge in [-0.3, -0.25) is 4.72 Å². The first-order valence-corrected chi connectivity index (χ1v) is 9.96. The van der Waals surface area contributed by atoms with Crippen LogP contribution in [-0.4, -0.2) is 46.1 Å². The molecular weight excluding hydrogens is 451 g/mol. The van der Waals surface area contributed by atoms with Crippen molar-refractivity contribution in [3.05, 3.63) is 36.4 Å². The number of hydrogen-bond acceptors (Lipinski definition) is 7. The van der Waals surface area contributed by atoms with E-state index in [4.69, 9.17) is 9.47 Å². The van der Waals surface area contributed by atoms with Crippen molar-refractivity contribution >= 4 is 28.1 Å². The minimum atomic E-state index is -4.87. The summed E-state index contributed by atoms with van der Waals surface area (Å²) >= 11 is 0. The molecule has 0 amide bonds. The standard InChI is InChI=1S/C17H18F3N3O5S.ClH/c1-26-16-14(6-7-15(22-16)27-12-8-9-21-10-12)23-29(24,25)13-4-2-11(3-5-13)28-17(18,19)20;/h2-7,12,21,23H,8-10H2,1H3;1H. The van der Waals surface area contributed by atoms with Crippen LogP contribution in [0, 0.1) is 0 Å². The first kappa shape index (κ1) is 23.8. The molecular formula is C17H19ClF3N3O5S. The molecule has 1 aliphatic heterocycles. The largest absolute Gasteiger partial charge is 0.573 e. The molecule has 0 spiro atoms. The monoisotopic (exact) mass is 469 g/mol. The molecule has 1 atom stereocenters. The van der Waals surface area contributed by atoms with Gasteiger partial charge < -0.3 is 19.5 Å². The van der Waals surface area contributed by atoms with Crippen molar-refractivity contribution < 1.29 is 35.8 Å². The molecule has 1 unspecified atom stereocenters. The van der Waals surface area contributed by atoms with Crippen molar-refractivity contribution in [1.82, 2.24) is 10.3 Å². The summed E-state index contributed by atoms with van der Waals surface area (Å²) in [4.78, 5) is 3.88. The van der Waals surface area contributed by atoms with Gasteiger partial charge in [-0.2, -0.15) is 4.98 Å². The number of ether oxygens (including phenoxy) is 3. The Balaban J connectivity index is 0.00000320. The fraction of sp³-hybridized carbons (Fsp3) is 0.353. The summed E-state index contributed by atoms with van der Waals surface area (Å²) in [5, 5.41) is 3.15. The smallest absolute Gasteiger partial charge is 0.479 e. The lowest BCUT2D eigenvalue weighted by Crippen LogP contribution is -2.20. The molecule has 3 rings (SSSR count). The minimum Gasteiger partial charge on any atom is -0.479 e. The van der Waals surface area contributed by atoms with Gasteiger partial charge in [0, 0.05) is 12.6 Å². The highest BCUT2D eigenvalue weighted by Gasteiger charge is 2.31. The van der Waals surface area contributed by atoms with E-state index in [0.29, 0.717) is 6.54 Å². The highest BCUT2D eigenvalue weighted by Crippen LogP contribution is 2.29. The second-order valence-electron chi connectivity index (χ2n) is 6.06. The summed E-state index contributed by atoms with van der Waals surface area (Å²) < 4.78 is 78.6. The second-order valence-corrected chi connectivity index (χ2v) is 7.75. The Morgan fingerprint density at radius 1 is 1.17 bits per heavy atom. The normalized spacial score (nSPS) is 16.5. The number of hydrogen-bond donors (Lipinski definition) is 2. The molecule has 0 radical (unpaired) electrons. The molecule has 13 heteroatoms. The van der Waals surface area contributed by atoms with E-state index in [1.54, 1.807) is 0 Å². The van der Waals surface area contributed by atoms with Crippen LogP contribution >= 0.6 is 12.4 Å². The number of alkyl halides is 3. The molecule has 2 heterocycles. The van der Waals surface area contributed by atoms with Gasteiger partial charge in [0.05, 0.1) is 12.0 Å². The molecule has 1 aromatic carbocycles. The number of sulfonamides is 1. The van der Waals surface area contributed by atoms with Gasteiger partial charge in [-0.1, -0.05) is 0 Å². The molecule has 0 bridgehead atoms. The average Bonchev–Trinajstić information content (AvgIpc) is 3.15. The van der Waals surface area contributed by atoms with Gasteiger partial charge in [0.25, 0.3) is 10.0 Å². The lowest BCUT2D eigenvalue weighted by molar-refractivity contribution is -0.274. The zero-order valence-corrected chi connectivity index (χ0v) is 17.2. The van der Waals surface area contributed by atoms with E-state index in [0.717, 1.165) is 37.2 Å². The Hall–Kier alpha value is -2.44. The average molecular weight is 470 g/mol. The summed E-state index contributed by atoms with van der Waals surface area (Å²) in [5.74, 6) is -0.250. The molecule has 8 nitrogen and oxygen atoms in total. The Bertz CT molecular complexity index is 952. The van der Waals surface area contributed by atoms with Gasteiger partial charge in [0.1, 0.15) is 17.5 Å². The maximum Gasteiger partial charge on any atom is 0.573 e. The third kappa shape index (κ3) is 6.28. The first-order valence-electron chi connectivity index (χ1n) is 8.47. The summed E-state index contributed by atoms with van der Waals surface area (Å²) in [6.07, 6.45) is -4.07. The van der Waals surface area contributed by atoms with Crippen LogP contribution in [0.25, 0.3) is 0 Å². The van der Waals surface area contributed by atoms with Crippen molar-refractivity contribution in [2.75, 3.05) is 24.9 Å². The maximum absolute atomic E-state index is 12.5. The van der Waals surface area contributed by atoms with Crippen molar-refractivity contribution in [1.29, 1.82) is 0 Å². The van der Waals surface area contributed by atoms with Gasteiger partial charge in [0.2, 0.25) is 11.8 Å². The van der Waals surface area contributed by atoms with Crippen molar-refractivity contribution in [2.45, 2.75) is 23.8 Å². The van der Waals surface area contributed by atoms with Crippen molar-refractivity contribution in [3.63, 3.8) is 0 Å². The summed E-state index contributed by atoms with van der Waals surface area (Å²) in [7, 11) is -2.78. The Morgan fingerprint density at radius 2 is 1.87 bits per heavy atom. The minimum absolute atomic E-state index is 0. The predicted molar refractivity (Wildman–Crippen MR) is 104 cm³/mol. The van der Waals surface area contributed by atoms with Gasteiger partial charge >= 0.3 is 6.36 Å². The summed E-state index contributed by atoms with van der Waals surface area (Å²) in [5.41, 5.74) is 0.0556. The first-order chi connectivity index (χ1) is 13.7. The SMILES string of the molecule is COc1nc(OC2CCNC2)ccc1NS(=O)(=O)c1ccc(OC(F)(F)F)cc1.Cl. The lowest BCUT2D eigenvalue weighted by Gasteiger charge is -2.15. The van der Waals surface area contributed by atoms with Crippen LogP contribution in [0.5, 0.6) is 17.5 Å². The van der Waals surface area contributed by atoms with Crippen LogP contribution in [0.1, 0.15) is 6.42 Å². The lowest BCUT2D eigenvalue weighted by atomic mass is 10.3. The Kier molecular flexibility index (Phi) is 7.61.